The fourth-order valence-corrected chi connectivity index (χ4v) is 2.51. The van der Waals surface area contributed by atoms with Gasteiger partial charge in [-0.1, -0.05) is 12.1 Å². The molecular formula is C16H20O8. The van der Waals surface area contributed by atoms with E-state index >= 15 is 0 Å². The molecule has 0 aromatic heterocycles. The number of hydrogen-bond donors (Lipinski definition) is 5. The lowest BCUT2D eigenvalue weighted by molar-refractivity contribution is -0.237. The largest absolute Gasteiger partial charge is 0.508 e. The molecule has 8 nitrogen and oxygen atoms in total. The highest BCUT2D eigenvalue weighted by Gasteiger charge is 2.51. The highest BCUT2D eigenvalue weighted by molar-refractivity contribution is 5.87. The molecule has 8 heteroatoms. The fraction of sp³-hybridized carbons (Fsp3) is 0.438. The van der Waals surface area contributed by atoms with Gasteiger partial charge in [0.2, 0.25) is 0 Å². The number of hydrogen-bond acceptors (Lipinski definition) is 8. The van der Waals surface area contributed by atoms with Gasteiger partial charge in [-0.2, -0.15) is 0 Å². The van der Waals surface area contributed by atoms with E-state index in [1.54, 1.807) is 12.1 Å². The Morgan fingerprint density at radius 1 is 0.958 bits per heavy atom. The van der Waals surface area contributed by atoms with Crippen LogP contribution in [0.3, 0.4) is 0 Å². The van der Waals surface area contributed by atoms with Crippen LogP contribution >= 0.6 is 0 Å². The van der Waals surface area contributed by atoms with Gasteiger partial charge < -0.3 is 35.0 Å². The maximum absolute atomic E-state index is 11.9. The first kappa shape index (κ1) is 18.4. The molecule has 0 spiro atoms. The average Bonchev–Trinajstić information content (AvgIpc) is 2.57. The second-order valence-electron chi connectivity index (χ2n) is 5.49. The number of carbonyl (C=O) groups is 1. The van der Waals surface area contributed by atoms with Crippen LogP contribution in [0.15, 0.2) is 30.3 Å². The molecule has 1 saturated carbocycles. The number of aliphatic hydroxyl groups excluding tert-OH is 4. The van der Waals surface area contributed by atoms with Gasteiger partial charge in [0.05, 0.1) is 0 Å². The molecule has 6 unspecified atom stereocenters. The minimum absolute atomic E-state index is 0.0875. The van der Waals surface area contributed by atoms with Gasteiger partial charge in [0.25, 0.3) is 0 Å². The molecule has 0 aliphatic heterocycles. The smallest absolute Gasteiger partial charge is 0.331 e. The third kappa shape index (κ3) is 3.92. The van der Waals surface area contributed by atoms with Gasteiger partial charge in [-0.05, 0) is 23.8 Å². The van der Waals surface area contributed by atoms with Crippen molar-refractivity contribution in [1.29, 1.82) is 0 Å². The molecular weight excluding hydrogens is 320 g/mol. The fourth-order valence-electron chi connectivity index (χ4n) is 2.51. The number of phenols is 1. The van der Waals surface area contributed by atoms with E-state index in [0.717, 1.165) is 6.08 Å². The number of benzene rings is 1. The molecule has 1 aliphatic carbocycles. The molecule has 1 aliphatic rings. The predicted molar refractivity (Wildman–Crippen MR) is 81.8 cm³/mol. The zero-order chi connectivity index (χ0) is 17.9. The van der Waals surface area contributed by atoms with Crippen LogP contribution in [0.2, 0.25) is 0 Å². The highest BCUT2D eigenvalue weighted by Crippen LogP contribution is 2.26. The SMILES string of the molecule is COC1C(O)C(O)C(O)C(O)C1OC(=O)C=Cc1ccc(O)cc1. The van der Waals surface area contributed by atoms with E-state index in [2.05, 4.69) is 0 Å². The number of carbonyl (C=O) groups excluding carboxylic acids is 1. The normalized spacial score (nSPS) is 33.5. The molecule has 2 rings (SSSR count). The van der Waals surface area contributed by atoms with Gasteiger partial charge in [0.15, 0.2) is 6.10 Å². The van der Waals surface area contributed by atoms with Crippen LogP contribution in [-0.2, 0) is 14.3 Å². The third-order valence-electron chi connectivity index (χ3n) is 3.88. The van der Waals surface area contributed by atoms with Gasteiger partial charge in [-0.25, -0.2) is 4.79 Å². The Morgan fingerprint density at radius 2 is 1.50 bits per heavy atom. The van der Waals surface area contributed by atoms with Crippen molar-refractivity contribution in [3.63, 3.8) is 0 Å². The molecule has 0 saturated heterocycles. The van der Waals surface area contributed by atoms with Gasteiger partial charge in [-0.3, -0.25) is 0 Å². The summed E-state index contributed by atoms with van der Waals surface area (Å²) < 4.78 is 10.0. The highest BCUT2D eigenvalue weighted by atomic mass is 16.6. The van der Waals surface area contributed by atoms with Crippen molar-refractivity contribution in [3.05, 3.63) is 35.9 Å². The molecule has 1 aromatic carbocycles. The maximum atomic E-state index is 11.9. The molecule has 0 amide bonds. The van der Waals surface area contributed by atoms with E-state index < -0.39 is 42.6 Å². The van der Waals surface area contributed by atoms with Crippen LogP contribution in [0.4, 0.5) is 0 Å². The Balaban J connectivity index is 2.06. The van der Waals surface area contributed by atoms with Gasteiger partial charge in [0.1, 0.15) is 36.3 Å². The summed E-state index contributed by atoms with van der Waals surface area (Å²) in [5.41, 5.74) is 0.632. The maximum Gasteiger partial charge on any atom is 0.331 e. The van der Waals surface area contributed by atoms with Gasteiger partial charge in [-0.15, -0.1) is 0 Å². The summed E-state index contributed by atoms with van der Waals surface area (Å²) in [5, 5.41) is 48.3. The van der Waals surface area contributed by atoms with Crippen molar-refractivity contribution in [2.45, 2.75) is 36.6 Å². The minimum atomic E-state index is -1.68. The summed E-state index contributed by atoms with van der Waals surface area (Å²) in [4.78, 5) is 11.9. The lowest BCUT2D eigenvalue weighted by Gasteiger charge is -2.42. The van der Waals surface area contributed by atoms with Crippen LogP contribution in [0.1, 0.15) is 5.56 Å². The van der Waals surface area contributed by atoms with E-state index in [9.17, 15) is 30.3 Å². The topological polar surface area (TPSA) is 137 Å². The molecule has 1 fully saturated rings. The Bertz CT molecular complexity index is 584. The zero-order valence-electron chi connectivity index (χ0n) is 12.9. The third-order valence-corrected chi connectivity index (χ3v) is 3.88. The molecule has 6 atom stereocenters. The van der Waals surface area contributed by atoms with Crippen molar-refractivity contribution >= 4 is 12.0 Å². The summed E-state index contributed by atoms with van der Waals surface area (Å²) >= 11 is 0. The monoisotopic (exact) mass is 340 g/mol. The predicted octanol–water partition coefficient (Wildman–Crippen LogP) is -1.21. The summed E-state index contributed by atoms with van der Waals surface area (Å²) in [6.45, 7) is 0. The molecule has 0 heterocycles. The number of rotatable bonds is 4. The molecule has 5 N–H and O–H groups in total. The summed E-state index contributed by atoms with van der Waals surface area (Å²) in [7, 11) is 1.22. The van der Waals surface area contributed by atoms with E-state index in [1.807, 2.05) is 0 Å². The number of esters is 1. The quantitative estimate of drug-likeness (QED) is 0.340. The first-order chi connectivity index (χ1) is 11.3. The van der Waals surface area contributed by atoms with E-state index in [0.29, 0.717) is 5.56 Å². The van der Waals surface area contributed by atoms with Crippen molar-refractivity contribution in [1.82, 2.24) is 0 Å². The summed E-state index contributed by atoms with van der Waals surface area (Å²) in [5.74, 6) is -0.741. The van der Waals surface area contributed by atoms with Crippen LogP contribution < -0.4 is 0 Å². The minimum Gasteiger partial charge on any atom is -0.508 e. The van der Waals surface area contributed by atoms with E-state index in [1.165, 1.54) is 25.3 Å². The Labute approximate surface area is 138 Å². The second-order valence-corrected chi connectivity index (χ2v) is 5.49. The van der Waals surface area contributed by atoms with Crippen molar-refractivity contribution in [2.24, 2.45) is 0 Å². The number of aromatic hydroxyl groups is 1. The Hall–Kier alpha value is -1.97. The van der Waals surface area contributed by atoms with Crippen LogP contribution in [0, 0.1) is 0 Å². The molecule has 0 radical (unpaired) electrons. The Morgan fingerprint density at radius 3 is 2.04 bits per heavy atom. The van der Waals surface area contributed by atoms with E-state index in [-0.39, 0.29) is 5.75 Å². The molecule has 132 valence electrons. The zero-order valence-corrected chi connectivity index (χ0v) is 12.9. The molecule has 24 heavy (non-hydrogen) atoms. The lowest BCUT2D eigenvalue weighted by atomic mass is 9.84. The number of methoxy groups -OCH3 is 1. The van der Waals surface area contributed by atoms with Crippen LogP contribution in [0.5, 0.6) is 5.75 Å². The van der Waals surface area contributed by atoms with Gasteiger partial charge in [0, 0.05) is 13.2 Å². The van der Waals surface area contributed by atoms with Crippen molar-refractivity contribution in [2.75, 3.05) is 7.11 Å². The summed E-state index contributed by atoms with van der Waals surface area (Å²) in [6.07, 6.45) is -6.44. The lowest BCUT2D eigenvalue weighted by Crippen LogP contribution is -2.65. The van der Waals surface area contributed by atoms with Crippen LogP contribution in [-0.4, -0.2) is 75.2 Å². The summed E-state index contributed by atoms with van der Waals surface area (Å²) in [6, 6.07) is 6.06. The Kier molecular flexibility index (Phi) is 5.92. The number of ether oxygens (including phenoxy) is 2. The number of aliphatic hydroxyl groups is 4. The van der Waals surface area contributed by atoms with Crippen molar-refractivity contribution in [3.8, 4) is 5.75 Å². The van der Waals surface area contributed by atoms with Crippen molar-refractivity contribution < 1.29 is 39.8 Å². The van der Waals surface area contributed by atoms with Crippen LogP contribution in [0.25, 0.3) is 6.08 Å². The second kappa shape index (κ2) is 7.73. The van der Waals surface area contributed by atoms with E-state index in [4.69, 9.17) is 9.47 Å². The first-order valence-electron chi connectivity index (χ1n) is 7.28. The molecule has 0 bridgehead atoms. The number of phenolic OH excluding ortho intramolecular Hbond substituents is 1. The molecule has 1 aromatic rings. The standard InChI is InChI=1S/C16H20O8/c1-23-15-13(21)11(19)12(20)14(22)16(15)24-10(18)7-4-8-2-5-9(17)6-3-8/h2-7,11-17,19-22H,1H3. The van der Waals surface area contributed by atoms with Gasteiger partial charge >= 0.3 is 5.97 Å². The average molecular weight is 340 g/mol. The first-order valence-corrected chi connectivity index (χ1v) is 7.28.